The van der Waals surface area contributed by atoms with Crippen LogP contribution in [0.4, 0.5) is 0 Å². The lowest BCUT2D eigenvalue weighted by atomic mass is 9.94. The second-order valence-corrected chi connectivity index (χ2v) is 4.89. The normalized spacial score (nSPS) is 12.8. The van der Waals surface area contributed by atoms with Crippen molar-refractivity contribution in [1.82, 2.24) is 4.90 Å². The highest BCUT2D eigenvalue weighted by Crippen LogP contribution is 2.29. The highest BCUT2D eigenvalue weighted by atomic mass is 16.3. The first-order valence-electron chi connectivity index (χ1n) is 5.86. The highest BCUT2D eigenvalue weighted by Gasteiger charge is 2.12. The number of aryl methyl sites for hydroxylation is 1. The molecule has 0 aromatic heterocycles. The molecule has 1 atom stereocenters. The fourth-order valence-electron chi connectivity index (χ4n) is 1.91. The average molecular weight is 235 g/mol. The molecule has 3 heteroatoms. The number of rotatable bonds is 5. The van der Waals surface area contributed by atoms with Crippen LogP contribution in [-0.4, -0.2) is 30.4 Å². The fourth-order valence-corrected chi connectivity index (χ4v) is 1.91. The number of aldehydes is 1. The molecule has 0 bridgehead atoms. The van der Waals surface area contributed by atoms with E-state index in [2.05, 4.69) is 0 Å². The van der Waals surface area contributed by atoms with Crippen LogP contribution >= 0.6 is 0 Å². The molecule has 1 unspecified atom stereocenters. The molecule has 0 fully saturated rings. The Balaban J connectivity index is 3.09. The van der Waals surface area contributed by atoms with Gasteiger partial charge in [-0.05, 0) is 38.1 Å². The Hall–Kier alpha value is -1.35. The van der Waals surface area contributed by atoms with Crippen LogP contribution in [0.1, 0.15) is 36.0 Å². The summed E-state index contributed by atoms with van der Waals surface area (Å²) in [4.78, 5) is 12.6. The summed E-state index contributed by atoms with van der Waals surface area (Å²) >= 11 is 0. The topological polar surface area (TPSA) is 40.5 Å². The zero-order chi connectivity index (χ0) is 13.0. The van der Waals surface area contributed by atoms with Gasteiger partial charge in [-0.2, -0.15) is 0 Å². The van der Waals surface area contributed by atoms with E-state index in [1.54, 1.807) is 0 Å². The summed E-state index contributed by atoms with van der Waals surface area (Å²) < 4.78 is 0. The van der Waals surface area contributed by atoms with Gasteiger partial charge in [0, 0.05) is 18.5 Å². The van der Waals surface area contributed by atoms with Gasteiger partial charge in [0.15, 0.2) is 0 Å². The van der Waals surface area contributed by atoms with Gasteiger partial charge >= 0.3 is 0 Å². The van der Waals surface area contributed by atoms with E-state index in [1.165, 1.54) is 0 Å². The van der Waals surface area contributed by atoms with Crippen LogP contribution in [-0.2, 0) is 11.3 Å². The molecule has 0 amide bonds. The van der Waals surface area contributed by atoms with Crippen molar-refractivity contribution in [3.63, 3.8) is 0 Å². The molecule has 1 aromatic carbocycles. The van der Waals surface area contributed by atoms with Crippen LogP contribution in [0.5, 0.6) is 5.75 Å². The molecule has 0 radical (unpaired) electrons. The lowest BCUT2D eigenvalue weighted by Gasteiger charge is -2.17. The van der Waals surface area contributed by atoms with Crippen molar-refractivity contribution in [1.29, 1.82) is 0 Å². The first kappa shape index (κ1) is 13.7. The Kier molecular flexibility index (Phi) is 4.70. The quantitative estimate of drug-likeness (QED) is 0.797. The SMILES string of the molecule is Cc1cc(C(C)CC=O)cc(CN(C)C)c1O. The highest BCUT2D eigenvalue weighted by molar-refractivity contribution is 5.52. The molecule has 1 N–H and O–H groups in total. The Morgan fingerprint density at radius 3 is 2.59 bits per heavy atom. The van der Waals surface area contributed by atoms with Gasteiger partial charge in [0.05, 0.1) is 0 Å². The van der Waals surface area contributed by atoms with Crippen molar-refractivity contribution < 1.29 is 9.90 Å². The number of benzene rings is 1. The molecule has 0 spiro atoms. The van der Waals surface area contributed by atoms with Crippen molar-refractivity contribution in [2.45, 2.75) is 32.7 Å². The Morgan fingerprint density at radius 1 is 1.41 bits per heavy atom. The van der Waals surface area contributed by atoms with Crippen LogP contribution in [0.25, 0.3) is 0 Å². The van der Waals surface area contributed by atoms with E-state index in [-0.39, 0.29) is 5.92 Å². The Labute approximate surface area is 103 Å². The molecule has 0 aliphatic heterocycles. The van der Waals surface area contributed by atoms with Crippen molar-refractivity contribution >= 4 is 6.29 Å². The minimum absolute atomic E-state index is 0.202. The fraction of sp³-hybridized carbons (Fsp3) is 0.500. The monoisotopic (exact) mass is 235 g/mol. The zero-order valence-electron chi connectivity index (χ0n) is 11.0. The van der Waals surface area contributed by atoms with Crippen LogP contribution in [0.3, 0.4) is 0 Å². The van der Waals surface area contributed by atoms with Crippen LogP contribution < -0.4 is 0 Å². The summed E-state index contributed by atoms with van der Waals surface area (Å²) in [6.07, 6.45) is 1.46. The number of carbonyl (C=O) groups excluding carboxylic acids is 1. The summed E-state index contributed by atoms with van der Waals surface area (Å²) in [5.74, 6) is 0.563. The minimum atomic E-state index is 0.202. The number of aromatic hydroxyl groups is 1. The van der Waals surface area contributed by atoms with Crippen LogP contribution in [0.2, 0.25) is 0 Å². The smallest absolute Gasteiger partial charge is 0.122 e. The molecule has 17 heavy (non-hydrogen) atoms. The molecule has 0 heterocycles. The predicted octanol–water partition coefficient (Wildman–Crippen LogP) is 2.45. The third-order valence-corrected chi connectivity index (χ3v) is 2.91. The largest absolute Gasteiger partial charge is 0.507 e. The molecule has 0 aliphatic carbocycles. The Bertz CT molecular complexity index is 399. The predicted molar refractivity (Wildman–Crippen MR) is 69.3 cm³/mol. The number of phenols is 1. The minimum Gasteiger partial charge on any atom is -0.507 e. The van der Waals surface area contributed by atoms with Crippen LogP contribution in [0, 0.1) is 6.92 Å². The van der Waals surface area contributed by atoms with Gasteiger partial charge in [0.2, 0.25) is 0 Å². The lowest BCUT2D eigenvalue weighted by molar-refractivity contribution is -0.108. The third-order valence-electron chi connectivity index (χ3n) is 2.91. The second-order valence-electron chi connectivity index (χ2n) is 4.89. The number of carbonyl (C=O) groups is 1. The van der Waals surface area contributed by atoms with E-state index >= 15 is 0 Å². The van der Waals surface area contributed by atoms with Crippen LogP contribution in [0.15, 0.2) is 12.1 Å². The van der Waals surface area contributed by atoms with Gasteiger partial charge in [0.25, 0.3) is 0 Å². The first-order valence-corrected chi connectivity index (χ1v) is 5.86. The first-order chi connectivity index (χ1) is 7.95. The summed E-state index contributed by atoms with van der Waals surface area (Å²) in [6, 6.07) is 3.96. The summed E-state index contributed by atoms with van der Waals surface area (Å²) in [5.41, 5.74) is 2.91. The number of hydrogen-bond donors (Lipinski definition) is 1. The summed E-state index contributed by atoms with van der Waals surface area (Å²) in [6.45, 7) is 4.62. The zero-order valence-corrected chi connectivity index (χ0v) is 11.0. The molecule has 0 saturated heterocycles. The molecular weight excluding hydrogens is 214 g/mol. The molecule has 0 saturated carbocycles. The molecule has 94 valence electrons. The molecule has 0 aliphatic rings. The van der Waals surface area contributed by atoms with Gasteiger partial charge in [0.1, 0.15) is 12.0 Å². The number of nitrogens with zero attached hydrogens (tertiary/aromatic N) is 1. The third kappa shape index (κ3) is 3.56. The maximum atomic E-state index is 10.5. The van der Waals surface area contributed by atoms with E-state index < -0.39 is 0 Å². The van der Waals surface area contributed by atoms with E-state index in [9.17, 15) is 9.90 Å². The number of phenolic OH excluding ortho intramolecular Hbond substituents is 1. The van der Waals surface area contributed by atoms with Crippen molar-refractivity contribution in [2.24, 2.45) is 0 Å². The molecule has 3 nitrogen and oxygen atoms in total. The molecule has 1 aromatic rings. The lowest BCUT2D eigenvalue weighted by Crippen LogP contribution is -2.11. The van der Waals surface area contributed by atoms with Gasteiger partial charge < -0.3 is 14.8 Å². The maximum Gasteiger partial charge on any atom is 0.122 e. The van der Waals surface area contributed by atoms with Gasteiger partial charge in [-0.3, -0.25) is 0 Å². The van der Waals surface area contributed by atoms with Gasteiger partial charge in [-0.25, -0.2) is 0 Å². The summed E-state index contributed by atoms with van der Waals surface area (Å²) in [7, 11) is 3.94. The van der Waals surface area contributed by atoms with E-state index in [4.69, 9.17) is 0 Å². The van der Waals surface area contributed by atoms with Crippen molar-refractivity contribution in [3.05, 3.63) is 28.8 Å². The van der Waals surface area contributed by atoms with E-state index in [0.29, 0.717) is 18.7 Å². The standard InChI is InChI=1S/C14H21NO2/c1-10(5-6-16)12-7-11(2)14(17)13(8-12)9-15(3)4/h6-8,10,17H,5,9H2,1-4H3. The van der Waals surface area contributed by atoms with Gasteiger partial charge in [-0.1, -0.05) is 19.1 Å². The Morgan fingerprint density at radius 2 is 2.06 bits per heavy atom. The summed E-state index contributed by atoms with van der Waals surface area (Å²) in [5, 5.41) is 9.99. The van der Waals surface area contributed by atoms with Gasteiger partial charge in [-0.15, -0.1) is 0 Å². The van der Waals surface area contributed by atoms with E-state index in [0.717, 1.165) is 23.0 Å². The average Bonchev–Trinajstić information content (AvgIpc) is 2.24. The van der Waals surface area contributed by atoms with Crippen molar-refractivity contribution in [2.75, 3.05) is 14.1 Å². The van der Waals surface area contributed by atoms with Crippen molar-refractivity contribution in [3.8, 4) is 5.75 Å². The maximum absolute atomic E-state index is 10.5. The number of hydrogen-bond acceptors (Lipinski definition) is 3. The van der Waals surface area contributed by atoms with E-state index in [1.807, 2.05) is 45.0 Å². The molecular formula is C14H21NO2. The molecule has 1 rings (SSSR count). The second kappa shape index (κ2) is 5.82.